The maximum atomic E-state index is 12.6. The lowest BCUT2D eigenvalue weighted by molar-refractivity contribution is -0.139. The molecule has 1 nitrogen and oxygen atoms in total. The van der Waals surface area contributed by atoms with Crippen LogP contribution in [0.4, 0.5) is 13.2 Å². The van der Waals surface area contributed by atoms with Gasteiger partial charge in [-0.05, 0) is 17.5 Å². The zero-order chi connectivity index (χ0) is 11.6. The summed E-state index contributed by atoms with van der Waals surface area (Å²) in [7, 11) is 0. The normalized spacial score (nSPS) is 14.3. The molecule has 15 heavy (non-hydrogen) atoms. The lowest BCUT2D eigenvalue weighted by Crippen LogP contribution is -2.14. The molecular weight excluding hydrogens is 205 g/mol. The molecule has 0 aromatic heterocycles. The van der Waals surface area contributed by atoms with E-state index in [1.165, 1.54) is 18.2 Å². The topological polar surface area (TPSA) is 20.2 Å². The van der Waals surface area contributed by atoms with Crippen LogP contribution in [0.15, 0.2) is 24.3 Å². The zero-order valence-electron chi connectivity index (χ0n) is 8.55. The summed E-state index contributed by atoms with van der Waals surface area (Å²) < 4.78 is 37.7. The van der Waals surface area contributed by atoms with Crippen molar-refractivity contribution in [2.24, 2.45) is 5.92 Å². The largest absolute Gasteiger partial charge is 0.416 e. The predicted octanol–water partition coefficient (Wildman–Crippen LogP) is 3.39. The second-order valence-electron chi connectivity index (χ2n) is 3.77. The van der Waals surface area contributed by atoms with Crippen molar-refractivity contribution in [3.05, 3.63) is 35.4 Å². The van der Waals surface area contributed by atoms with Crippen LogP contribution in [0.1, 0.15) is 31.1 Å². The molecule has 0 fully saturated rings. The van der Waals surface area contributed by atoms with E-state index >= 15 is 0 Å². The molecule has 4 heteroatoms. The molecule has 0 amide bonds. The maximum Gasteiger partial charge on any atom is 0.416 e. The first-order valence-electron chi connectivity index (χ1n) is 4.68. The highest BCUT2D eigenvalue weighted by Gasteiger charge is 2.34. The lowest BCUT2D eigenvalue weighted by Gasteiger charge is -2.19. The van der Waals surface area contributed by atoms with E-state index in [1.807, 2.05) is 0 Å². The molecule has 84 valence electrons. The molecule has 1 rings (SSSR count). The Bertz CT molecular complexity index is 331. The van der Waals surface area contributed by atoms with Crippen molar-refractivity contribution >= 4 is 0 Å². The third-order valence-electron chi connectivity index (χ3n) is 2.22. The minimum Gasteiger partial charge on any atom is -0.388 e. The quantitative estimate of drug-likeness (QED) is 0.806. The monoisotopic (exact) mass is 218 g/mol. The van der Waals surface area contributed by atoms with Crippen molar-refractivity contribution in [1.29, 1.82) is 0 Å². The summed E-state index contributed by atoms with van der Waals surface area (Å²) in [6, 6.07) is 5.12. The summed E-state index contributed by atoms with van der Waals surface area (Å²) in [5, 5.41) is 9.64. The first-order valence-corrected chi connectivity index (χ1v) is 4.68. The van der Waals surface area contributed by atoms with Crippen molar-refractivity contribution in [2.45, 2.75) is 26.1 Å². The summed E-state index contributed by atoms with van der Waals surface area (Å²) in [5.41, 5.74) is -0.814. The molecule has 0 heterocycles. The van der Waals surface area contributed by atoms with Gasteiger partial charge < -0.3 is 5.11 Å². The van der Waals surface area contributed by atoms with E-state index in [0.717, 1.165) is 6.07 Å². The van der Waals surface area contributed by atoms with Gasteiger partial charge in [-0.1, -0.05) is 32.0 Å². The highest BCUT2D eigenvalue weighted by atomic mass is 19.4. The van der Waals surface area contributed by atoms with Gasteiger partial charge in [-0.3, -0.25) is 0 Å². The Morgan fingerprint density at radius 3 is 2.13 bits per heavy atom. The van der Waals surface area contributed by atoms with Gasteiger partial charge in [0.15, 0.2) is 0 Å². The minimum absolute atomic E-state index is 0.0556. The Kier molecular flexibility index (Phi) is 3.39. The van der Waals surface area contributed by atoms with Gasteiger partial charge in [-0.2, -0.15) is 13.2 Å². The van der Waals surface area contributed by atoms with E-state index < -0.39 is 17.8 Å². The third kappa shape index (κ3) is 2.72. The first kappa shape index (κ1) is 12.0. The molecule has 1 unspecified atom stereocenters. The standard InChI is InChI=1S/C11H13F3O/c1-7(2)10(15)8-5-3-4-6-9(8)11(12,13)14/h3-7,10,15H,1-2H3. The molecule has 0 saturated carbocycles. The van der Waals surface area contributed by atoms with Gasteiger partial charge in [0, 0.05) is 0 Å². The van der Waals surface area contributed by atoms with Gasteiger partial charge in [0.05, 0.1) is 11.7 Å². The van der Waals surface area contributed by atoms with Crippen LogP contribution in [-0.2, 0) is 6.18 Å². The number of rotatable bonds is 2. The Morgan fingerprint density at radius 1 is 1.13 bits per heavy atom. The lowest BCUT2D eigenvalue weighted by atomic mass is 9.94. The Labute approximate surface area is 86.5 Å². The van der Waals surface area contributed by atoms with E-state index in [4.69, 9.17) is 0 Å². The van der Waals surface area contributed by atoms with Crippen LogP contribution in [0, 0.1) is 5.92 Å². The Hall–Kier alpha value is -1.03. The fourth-order valence-corrected chi connectivity index (χ4v) is 1.37. The molecule has 0 radical (unpaired) electrons. The molecule has 0 aliphatic heterocycles. The summed E-state index contributed by atoms with van der Waals surface area (Å²) >= 11 is 0. The second-order valence-corrected chi connectivity index (χ2v) is 3.77. The average Bonchev–Trinajstić information content (AvgIpc) is 2.15. The summed E-state index contributed by atoms with van der Waals surface area (Å²) in [5.74, 6) is -0.242. The predicted molar refractivity (Wildman–Crippen MR) is 51.2 cm³/mol. The zero-order valence-corrected chi connectivity index (χ0v) is 8.55. The number of aliphatic hydroxyl groups excluding tert-OH is 1. The van der Waals surface area contributed by atoms with Gasteiger partial charge in [-0.15, -0.1) is 0 Å². The molecule has 0 bridgehead atoms. The number of alkyl halides is 3. The first-order chi connectivity index (χ1) is 6.84. The van der Waals surface area contributed by atoms with Crippen molar-refractivity contribution in [3.63, 3.8) is 0 Å². The van der Waals surface area contributed by atoms with Gasteiger partial charge >= 0.3 is 6.18 Å². The van der Waals surface area contributed by atoms with Crippen LogP contribution < -0.4 is 0 Å². The number of hydrogen-bond acceptors (Lipinski definition) is 1. The molecule has 1 N–H and O–H groups in total. The van der Waals surface area contributed by atoms with E-state index in [-0.39, 0.29) is 11.5 Å². The van der Waals surface area contributed by atoms with Crippen LogP contribution in [-0.4, -0.2) is 5.11 Å². The van der Waals surface area contributed by atoms with Crippen LogP contribution >= 0.6 is 0 Å². The number of hydrogen-bond donors (Lipinski definition) is 1. The molecule has 1 atom stereocenters. The molecule has 1 aromatic rings. The molecule has 0 spiro atoms. The summed E-state index contributed by atoms with van der Waals surface area (Å²) in [4.78, 5) is 0. The van der Waals surface area contributed by atoms with E-state index in [0.29, 0.717) is 0 Å². The van der Waals surface area contributed by atoms with Crippen LogP contribution in [0.2, 0.25) is 0 Å². The smallest absolute Gasteiger partial charge is 0.388 e. The number of halogens is 3. The minimum atomic E-state index is -4.41. The third-order valence-corrected chi connectivity index (χ3v) is 2.22. The van der Waals surface area contributed by atoms with E-state index in [1.54, 1.807) is 13.8 Å². The Morgan fingerprint density at radius 2 is 1.67 bits per heavy atom. The van der Waals surface area contributed by atoms with Gasteiger partial charge in [-0.25, -0.2) is 0 Å². The number of aliphatic hydroxyl groups is 1. The van der Waals surface area contributed by atoms with E-state index in [2.05, 4.69) is 0 Å². The Balaban J connectivity index is 3.18. The highest BCUT2D eigenvalue weighted by molar-refractivity contribution is 5.31. The number of benzene rings is 1. The van der Waals surface area contributed by atoms with E-state index in [9.17, 15) is 18.3 Å². The molecule has 0 aliphatic rings. The molecule has 0 saturated heterocycles. The van der Waals surface area contributed by atoms with Crippen LogP contribution in [0.25, 0.3) is 0 Å². The van der Waals surface area contributed by atoms with Crippen molar-refractivity contribution in [3.8, 4) is 0 Å². The summed E-state index contributed by atoms with van der Waals surface area (Å²) in [6.07, 6.45) is -5.49. The maximum absolute atomic E-state index is 12.6. The van der Waals surface area contributed by atoms with Gasteiger partial charge in [0.2, 0.25) is 0 Å². The second kappa shape index (κ2) is 4.23. The summed E-state index contributed by atoms with van der Waals surface area (Å²) in [6.45, 7) is 3.36. The fraction of sp³-hybridized carbons (Fsp3) is 0.455. The van der Waals surface area contributed by atoms with Crippen molar-refractivity contribution in [2.75, 3.05) is 0 Å². The van der Waals surface area contributed by atoms with Crippen LogP contribution in [0.5, 0.6) is 0 Å². The van der Waals surface area contributed by atoms with Crippen LogP contribution in [0.3, 0.4) is 0 Å². The molecule has 1 aromatic carbocycles. The van der Waals surface area contributed by atoms with Crippen molar-refractivity contribution in [1.82, 2.24) is 0 Å². The average molecular weight is 218 g/mol. The fourth-order valence-electron chi connectivity index (χ4n) is 1.37. The van der Waals surface area contributed by atoms with Gasteiger partial charge in [0.1, 0.15) is 0 Å². The van der Waals surface area contributed by atoms with Crippen molar-refractivity contribution < 1.29 is 18.3 Å². The molecular formula is C11H13F3O. The SMILES string of the molecule is CC(C)C(O)c1ccccc1C(F)(F)F. The van der Waals surface area contributed by atoms with Gasteiger partial charge in [0.25, 0.3) is 0 Å². The molecule has 0 aliphatic carbocycles. The highest BCUT2D eigenvalue weighted by Crippen LogP contribution is 2.36.